The predicted octanol–water partition coefficient (Wildman–Crippen LogP) is -1.18. The lowest BCUT2D eigenvalue weighted by Gasteiger charge is -2.50. The summed E-state index contributed by atoms with van der Waals surface area (Å²) < 4.78 is 1.81. The van der Waals surface area contributed by atoms with Crippen molar-refractivity contribution in [2.75, 3.05) is 11.5 Å². The molecule has 13 heteroatoms. The van der Waals surface area contributed by atoms with Gasteiger partial charge in [-0.05, 0) is 0 Å². The normalized spacial score (nSPS) is 19.5. The molecule has 0 spiro atoms. The number of pyridine rings is 1. The molecule has 11 nitrogen and oxygen atoms in total. The molecule has 1 fully saturated rings. The van der Waals surface area contributed by atoms with Gasteiger partial charge >= 0.3 is 0 Å². The van der Waals surface area contributed by atoms with E-state index in [2.05, 4.69) is 27.5 Å². The molecule has 2 aromatic heterocycles. The number of nitrogens with zero attached hydrogens (tertiary/aromatic N) is 4. The number of nitrogen functional groups attached to an aromatic ring is 1. The van der Waals surface area contributed by atoms with Gasteiger partial charge in [0.25, 0.3) is 11.8 Å². The number of carboxylic acids is 1. The van der Waals surface area contributed by atoms with E-state index in [1.807, 2.05) is 22.8 Å². The summed E-state index contributed by atoms with van der Waals surface area (Å²) in [7, 11) is 0. The average Bonchev–Trinajstić information content (AvgIpc) is 3.26. The number of nitrogens with two attached hydrogens (primary N) is 1. The highest BCUT2D eigenvalue weighted by Gasteiger charge is 2.53. The van der Waals surface area contributed by atoms with Gasteiger partial charge in [0.2, 0.25) is 0 Å². The van der Waals surface area contributed by atoms with Gasteiger partial charge in [-0.25, -0.2) is 9.55 Å². The van der Waals surface area contributed by atoms with E-state index in [0.717, 1.165) is 16.2 Å². The van der Waals surface area contributed by atoms with Gasteiger partial charge in [0.05, 0.1) is 11.7 Å². The Bertz CT molecular complexity index is 1260. The van der Waals surface area contributed by atoms with E-state index >= 15 is 0 Å². The number of anilines is 1. The van der Waals surface area contributed by atoms with E-state index in [4.69, 9.17) is 10.6 Å². The maximum atomic E-state index is 12.9. The fourth-order valence-corrected chi connectivity index (χ4v) is 5.36. The number of thioether (sulfide) groups is 1. The summed E-state index contributed by atoms with van der Waals surface area (Å²) in [6.07, 6.45) is 5.86. The van der Waals surface area contributed by atoms with Crippen LogP contribution in [-0.2, 0) is 25.8 Å². The minimum absolute atomic E-state index is 0.162. The van der Waals surface area contributed by atoms with Gasteiger partial charge in [-0.15, -0.1) is 23.1 Å². The van der Waals surface area contributed by atoms with Crippen molar-refractivity contribution in [1.29, 1.82) is 0 Å². The minimum Gasteiger partial charge on any atom is -0.543 e. The summed E-state index contributed by atoms with van der Waals surface area (Å²) in [5.41, 5.74) is 5.98. The monoisotopic (exact) mass is 498 g/mol. The molecule has 2 atom stereocenters. The van der Waals surface area contributed by atoms with Gasteiger partial charge < -0.3 is 25.8 Å². The Labute approximate surface area is 202 Å². The lowest BCUT2D eigenvalue weighted by molar-refractivity contribution is -0.689. The summed E-state index contributed by atoms with van der Waals surface area (Å²) in [6, 6.07) is 4.53. The van der Waals surface area contributed by atoms with Gasteiger partial charge in [0.15, 0.2) is 29.8 Å². The van der Waals surface area contributed by atoms with Crippen LogP contribution in [0, 0.1) is 12.0 Å². The second-order valence-electron chi connectivity index (χ2n) is 7.10. The van der Waals surface area contributed by atoms with Crippen LogP contribution in [0.15, 0.2) is 52.4 Å². The zero-order valence-corrected chi connectivity index (χ0v) is 19.4. The second-order valence-corrected chi connectivity index (χ2v) is 9.10. The first-order chi connectivity index (χ1) is 16.4. The minimum atomic E-state index is -1.44. The molecule has 174 valence electrons. The van der Waals surface area contributed by atoms with Crippen LogP contribution in [0.2, 0.25) is 0 Å². The Morgan fingerprint density at radius 3 is 2.82 bits per heavy atom. The van der Waals surface area contributed by atoms with E-state index in [1.165, 1.54) is 24.1 Å². The number of aromatic nitrogens is 2. The van der Waals surface area contributed by atoms with Crippen molar-refractivity contribution in [2.45, 2.75) is 24.9 Å². The molecule has 4 heterocycles. The number of carbonyl (C=O) groups excluding carboxylic acids is 3. The Kier molecular flexibility index (Phi) is 6.80. The molecule has 3 N–H and O–H groups in total. The summed E-state index contributed by atoms with van der Waals surface area (Å²) in [5, 5.41) is 19.4. The molecule has 2 aliphatic rings. The molecule has 2 amide bonds. The highest BCUT2D eigenvalue weighted by atomic mass is 32.2. The van der Waals surface area contributed by atoms with Crippen LogP contribution in [0.1, 0.15) is 12.6 Å². The third kappa shape index (κ3) is 4.59. The van der Waals surface area contributed by atoms with Crippen LogP contribution in [0.3, 0.4) is 0 Å². The fraction of sp³-hybridized carbons (Fsp3) is 0.238. The molecule has 1 saturated heterocycles. The zero-order chi connectivity index (χ0) is 24.2. The first kappa shape index (κ1) is 23.3. The van der Waals surface area contributed by atoms with Gasteiger partial charge in [-0.2, -0.15) is 0 Å². The first-order valence-corrected chi connectivity index (χ1v) is 11.8. The number of hydrogen-bond donors (Lipinski definition) is 2. The molecule has 1 unspecified atom stereocenters. The van der Waals surface area contributed by atoms with E-state index < -0.39 is 29.2 Å². The first-order valence-electron chi connectivity index (χ1n) is 9.90. The summed E-state index contributed by atoms with van der Waals surface area (Å²) in [5.74, 6) is 0.0927. The molecule has 34 heavy (non-hydrogen) atoms. The topological polar surface area (TPSA) is 154 Å². The number of aliphatic carboxylic acids is 1. The van der Waals surface area contributed by atoms with E-state index in [1.54, 1.807) is 12.4 Å². The van der Waals surface area contributed by atoms with Crippen LogP contribution in [0.5, 0.6) is 0 Å². The maximum Gasteiger partial charge on any atom is 0.276 e. The highest BCUT2D eigenvalue weighted by molar-refractivity contribution is 8.00. The number of thiazole rings is 1. The Morgan fingerprint density at radius 2 is 2.18 bits per heavy atom. The predicted molar refractivity (Wildman–Crippen MR) is 121 cm³/mol. The number of rotatable bonds is 7. The molecule has 4 rings (SSSR count). The average molecular weight is 499 g/mol. The number of amides is 2. The molecule has 0 saturated carbocycles. The van der Waals surface area contributed by atoms with Crippen molar-refractivity contribution in [3.05, 3.63) is 52.9 Å². The van der Waals surface area contributed by atoms with Crippen molar-refractivity contribution in [3.8, 4) is 12.0 Å². The molecular weight excluding hydrogens is 480 g/mol. The summed E-state index contributed by atoms with van der Waals surface area (Å²) >= 11 is 2.46. The molecule has 0 aliphatic carbocycles. The van der Waals surface area contributed by atoms with Crippen molar-refractivity contribution in [2.24, 2.45) is 5.16 Å². The van der Waals surface area contributed by atoms with E-state index in [0.29, 0.717) is 17.9 Å². The smallest absolute Gasteiger partial charge is 0.276 e. The lowest BCUT2D eigenvalue weighted by Crippen LogP contribution is -2.71. The quantitative estimate of drug-likeness (QED) is 0.159. The van der Waals surface area contributed by atoms with E-state index in [-0.39, 0.29) is 22.2 Å². The van der Waals surface area contributed by atoms with E-state index in [9.17, 15) is 19.5 Å². The third-order valence-corrected chi connectivity index (χ3v) is 6.96. The van der Waals surface area contributed by atoms with Gasteiger partial charge in [0.1, 0.15) is 23.2 Å². The maximum absolute atomic E-state index is 12.9. The summed E-state index contributed by atoms with van der Waals surface area (Å²) in [4.78, 5) is 47.7. The highest BCUT2D eigenvalue weighted by Crippen LogP contribution is 2.40. The number of carboxylic acid groups (broad SMARTS) is 1. The van der Waals surface area contributed by atoms with Crippen molar-refractivity contribution in [3.63, 3.8) is 0 Å². The van der Waals surface area contributed by atoms with Gasteiger partial charge in [-0.3, -0.25) is 14.5 Å². The van der Waals surface area contributed by atoms with Crippen LogP contribution >= 0.6 is 23.1 Å². The van der Waals surface area contributed by atoms with Crippen LogP contribution in [-0.4, -0.2) is 50.5 Å². The number of hydrogen-bond acceptors (Lipinski definition) is 10. The second kappa shape index (κ2) is 9.94. The number of oxime groups is 1. The standard InChI is InChI=1S/C21H18N6O5S2/c1-2-8-32-25-14(13-11-34-21(22)23-13)17(28)24-15-18(29)27-16(20(30)31)12(10-33-19(15)27)9-26-6-4-3-5-7-26/h3-7,11,15,19H,9-10H2,1H3,(H3-,22,23,24,28,30,31)/b25-14-/t15?,19-/m1/s1. The van der Waals surface area contributed by atoms with Gasteiger partial charge in [-0.1, -0.05) is 17.1 Å². The third-order valence-electron chi connectivity index (χ3n) is 4.94. The number of carbonyl (C=O) groups is 3. The van der Waals surface area contributed by atoms with Crippen LogP contribution in [0.4, 0.5) is 5.13 Å². The SMILES string of the molecule is CC#CO/N=C(\C(=O)NC1C(=O)N2C(C(=O)[O-])=C(C[n+]3ccccc3)CS[C@H]12)c1csc(N)n1. The number of nitrogens with one attached hydrogen (secondary N) is 1. The molecular formula is C21H18N6O5S2. The zero-order valence-electron chi connectivity index (χ0n) is 17.8. The fourth-order valence-electron chi connectivity index (χ4n) is 3.48. The Balaban J connectivity index is 1.54. The molecule has 0 bridgehead atoms. The van der Waals surface area contributed by atoms with Crippen molar-refractivity contribution in [1.82, 2.24) is 15.2 Å². The van der Waals surface area contributed by atoms with Crippen LogP contribution < -0.4 is 20.7 Å². The largest absolute Gasteiger partial charge is 0.543 e. The Morgan fingerprint density at radius 1 is 1.41 bits per heavy atom. The summed E-state index contributed by atoms with van der Waals surface area (Å²) in [6.45, 7) is 1.83. The van der Waals surface area contributed by atoms with Crippen molar-refractivity contribution >= 4 is 51.7 Å². The van der Waals surface area contributed by atoms with Crippen molar-refractivity contribution < 1.29 is 28.9 Å². The number of fused-ring (bicyclic) bond motifs is 1. The van der Waals surface area contributed by atoms with Gasteiger partial charge in [0, 0.05) is 35.8 Å². The Hall–Kier alpha value is -3.89. The molecule has 0 aromatic carbocycles. The number of β-lactam (4-membered cyclic amide) rings is 1. The molecule has 2 aromatic rings. The lowest BCUT2D eigenvalue weighted by atomic mass is 10.0. The molecule has 2 aliphatic heterocycles. The van der Waals surface area contributed by atoms with Crippen LogP contribution in [0.25, 0.3) is 0 Å². The molecule has 0 radical (unpaired) electrons.